The van der Waals surface area contributed by atoms with Gasteiger partial charge in [-0.05, 0) is 64.2 Å². The summed E-state index contributed by atoms with van der Waals surface area (Å²) >= 11 is 0. The van der Waals surface area contributed by atoms with E-state index < -0.39 is 18.3 Å². The second-order valence-corrected chi connectivity index (χ2v) is 6.83. The highest BCUT2D eigenvalue weighted by atomic mass is 19.4. The number of nitrogens with one attached hydrogen (secondary N) is 2. The summed E-state index contributed by atoms with van der Waals surface area (Å²) in [7, 11) is 1.57. The van der Waals surface area contributed by atoms with Crippen molar-refractivity contribution in [2.75, 3.05) is 46.4 Å². The number of hydrogen-bond donors (Lipinski definition) is 2. The molecule has 1 amide bonds. The van der Waals surface area contributed by atoms with Gasteiger partial charge in [0.15, 0.2) is 0 Å². The van der Waals surface area contributed by atoms with Gasteiger partial charge in [-0.15, -0.1) is 0 Å². The number of methoxy groups -OCH3 is 1. The van der Waals surface area contributed by atoms with E-state index >= 15 is 0 Å². The first-order valence-electron chi connectivity index (χ1n) is 8.68. The van der Waals surface area contributed by atoms with Crippen molar-refractivity contribution in [2.24, 2.45) is 5.92 Å². The molecule has 0 saturated carbocycles. The quantitative estimate of drug-likeness (QED) is 0.762. The minimum Gasteiger partial charge on any atom is -0.368 e. The van der Waals surface area contributed by atoms with Crippen LogP contribution in [0.25, 0.3) is 0 Å². The molecule has 2 rings (SSSR count). The number of halogens is 3. The molecule has 0 aliphatic carbocycles. The topological polar surface area (TPSA) is 53.6 Å². The van der Waals surface area contributed by atoms with Gasteiger partial charge in [-0.25, -0.2) is 0 Å². The number of amides is 1. The number of carbonyl (C=O) groups excluding carboxylic acids is 1. The Hall–Kier alpha value is -0.860. The summed E-state index contributed by atoms with van der Waals surface area (Å²) in [4.78, 5) is 13.9. The predicted octanol–water partition coefficient (Wildman–Crippen LogP) is 1.54. The van der Waals surface area contributed by atoms with Gasteiger partial charge in [-0.3, -0.25) is 9.69 Å². The third-order valence-corrected chi connectivity index (χ3v) is 5.16. The van der Waals surface area contributed by atoms with Gasteiger partial charge in [0.1, 0.15) is 5.60 Å². The van der Waals surface area contributed by atoms with E-state index in [0.717, 1.165) is 32.4 Å². The molecule has 0 aromatic rings. The van der Waals surface area contributed by atoms with Crippen LogP contribution in [-0.4, -0.2) is 69.0 Å². The molecule has 5 nitrogen and oxygen atoms in total. The van der Waals surface area contributed by atoms with Crippen molar-refractivity contribution in [3.63, 3.8) is 0 Å². The number of likely N-dealkylation sites (tertiary alicyclic amines) is 1. The van der Waals surface area contributed by atoms with Gasteiger partial charge >= 0.3 is 6.18 Å². The number of alkyl halides is 3. The molecular weight excluding hydrogens is 323 g/mol. The van der Waals surface area contributed by atoms with Gasteiger partial charge in [0.2, 0.25) is 0 Å². The van der Waals surface area contributed by atoms with Gasteiger partial charge in [0.25, 0.3) is 5.91 Å². The van der Waals surface area contributed by atoms with Crippen LogP contribution in [0, 0.1) is 5.92 Å². The molecule has 24 heavy (non-hydrogen) atoms. The van der Waals surface area contributed by atoms with E-state index in [0.29, 0.717) is 38.4 Å². The van der Waals surface area contributed by atoms with E-state index in [9.17, 15) is 18.0 Å². The van der Waals surface area contributed by atoms with Gasteiger partial charge in [0.05, 0.1) is 6.54 Å². The van der Waals surface area contributed by atoms with Gasteiger partial charge < -0.3 is 15.4 Å². The van der Waals surface area contributed by atoms with Gasteiger partial charge in [0, 0.05) is 13.7 Å². The van der Waals surface area contributed by atoms with Gasteiger partial charge in [-0.2, -0.15) is 13.2 Å². The first-order chi connectivity index (χ1) is 11.3. The number of carbonyl (C=O) groups is 1. The molecule has 140 valence electrons. The molecule has 2 saturated heterocycles. The van der Waals surface area contributed by atoms with Crippen molar-refractivity contribution in [1.29, 1.82) is 0 Å². The van der Waals surface area contributed by atoms with Crippen molar-refractivity contribution in [2.45, 2.75) is 43.9 Å². The zero-order chi connectivity index (χ0) is 17.6. The Balaban J connectivity index is 1.67. The molecule has 2 heterocycles. The summed E-state index contributed by atoms with van der Waals surface area (Å²) < 4.78 is 42.6. The number of hydrogen-bond acceptors (Lipinski definition) is 4. The summed E-state index contributed by atoms with van der Waals surface area (Å²) in [6.45, 7) is 2.22. The maximum atomic E-state index is 12.4. The minimum absolute atomic E-state index is 0.0685. The van der Waals surface area contributed by atoms with E-state index in [1.54, 1.807) is 7.11 Å². The lowest BCUT2D eigenvalue weighted by Crippen LogP contribution is -2.54. The molecule has 0 spiro atoms. The second kappa shape index (κ2) is 8.49. The standard InChI is InChI=1S/C16H28F3N3O2/c1-24-15(5-8-20-9-6-15)14(23)21-7-2-13-3-10-22(11-4-13)12-16(17,18)19/h13,20H,2-12H2,1H3,(H,21,23). The van der Waals surface area contributed by atoms with Crippen molar-refractivity contribution in [3.05, 3.63) is 0 Å². The molecule has 0 unspecified atom stereocenters. The fourth-order valence-electron chi connectivity index (χ4n) is 3.59. The molecule has 8 heteroatoms. The lowest BCUT2D eigenvalue weighted by Gasteiger charge is -2.35. The molecule has 0 atom stereocenters. The average molecular weight is 351 g/mol. The van der Waals surface area contributed by atoms with Crippen LogP contribution < -0.4 is 10.6 Å². The van der Waals surface area contributed by atoms with Crippen LogP contribution in [0.15, 0.2) is 0 Å². The maximum Gasteiger partial charge on any atom is 0.401 e. The smallest absolute Gasteiger partial charge is 0.368 e. The Kier molecular flexibility index (Phi) is 6.88. The normalized spacial score (nSPS) is 23.2. The summed E-state index contributed by atoms with van der Waals surface area (Å²) in [5, 5.41) is 6.17. The molecule has 0 aromatic heterocycles. The highest BCUT2D eigenvalue weighted by Crippen LogP contribution is 2.25. The Morgan fingerprint density at radius 3 is 2.46 bits per heavy atom. The Morgan fingerprint density at radius 1 is 1.29 bits per heavy atom. The third kappa shape index (κ3) is 5.60. The summed E-state index contributed by atoms with van der Waals surface area (Å²) in [5.74, 6) is 0.308. The van der Waals surface area contributed by atoms with Crippen LogP contribution in [0.5, 0.6) is 0 Å². The van der Waals surface area contributed by atoms with Crippen molar-refractivity contribution in [1.82, 2.24) is 15.5 Å². The van der Waals surface area contributed by atoms with E-state index in [2.05, 4.69) is 10.6 Å². The SMILES string of the molecule is COC1(C(=O)NCCC2CCN(CC(F)(F)F)CC2)CCNCC1. The largest absolute Gasteiger partial charge is 0.401 e. The second-order valence-electron chi connectivity index (χ2n) is 6.83. The zero-order valence-electron chi connectivity index (χ0n) is 14.3. The fraction of sp³-hybridized carbons (Fsp3) is 0.938. The number of piperidine rings is 2. The predicted molar refractivity (Wildman–Crippen MR) is 84.7 cm³/mol. The molecule has 2 N–H and O–H groups in total. The summed E-state index contributed by atoms with van der Waals surface area (Å²) in [6.07, 6.45) is -0.485. The van der Waals surface area contributed by atoms with Crippen LogP contribution in [0.1, 0.15) is 32.1 Å². The third-order valence-electron chi connectivity index (χ3n) is 5.16. The Labute approximate surface area is 141 Å². The molecule has 0 aromatic carbocycles. The minimum atomic E-state index is -4.12. The molecule has 2 fully saturated rings. The van der Waals surface area contributed by atoms with Crippen LogP contribution in [0.4, 0.5) is 13.2 Å². The van der Waals surface area contributed by atoms with Crippen LogP contribution in [0.3, 0.4) is 0 Å². The number of nitrogens with zero attached hydrogens (tertiary/aromatic N) is 1. The zero-order valence-corrected chi connectivity index (χ0v) is 14.3. The van der Waals surface area contributed by atoms with Gasteiger partial charge in [-0.1, -0.05) is 0 Å². The molecule has 2 aliphatic rings. The molecule has 0 bridgehead atoms. The van der Waals surface area contributed by atoms with Crippen LogP contribution in [0.2, 0.25) is 0 Å². The highest BCUT2D eigenvalue weighted by molar-refractivity contribution is 5.85. The van der Waals surface area contributed by atoms with E-state index in [-0.39, 0.29) is 5.91 Å². The lowest BCUT2D eigenvalue weighted by atomic mass is 9.90. The Bertz CT molecular complexity index is 404. The van der Waals surface area contributed by atoms with Crippen LogP contribution >= 0.6 is 0 Å². The first-order valence-corrected chi connectivity index (χ1v) is 8.68. The van der Waals surface area contributed by atoms with E-state index in [1.807, 2.05) is 0 Å². The highest BCUT2D eigenvalue weighted by Gasteiger charge is 2.39. The fourth-order valence-corrected chi connectivity index (χ4v) is 3.59. The van der Waals surface area contributed by atoms with Crippen molar-refractivity contribution < 1.29 is 22.7 Å². The summed E-state index contributed by atoms with van der Waals surface area (Å²) in [6, 6.07) is 0. The molecular formula is C16H28F3N3O2. The molecule has 0 radical (unpaired) electrons. The van der Waals surface area contributed by atoms with Crippen molar-refractivity contribution in [3.8, 4) is 0 Å². The van der Waals surface area contributed by atoms with E-state index in [4.69, 9.17) is 4.74 Å². The maximum absolute atomic E-state index is 12.4. The molecule has 2 aliphatic heterocycles. The summed E-state index contributed by atoms with van der Waals surface area (Å²) in [5.41, 5.74) is -0.735. The number of ether oxygens (including phenoxy) is 1. The lowest BCUT2D eigenvalue weighted by molar-refractivity contribution is -0.149. The monoisotopic (exact) mass is 351 g/mol. The Morgan fingerprint density at radius 2 is 1.92 bits per heavy atom. The average Bonchev–Trinajstić information content (AvgIpc) is 2.55. The van der Waals surface area contributed by atoms with Crippen LogP contribution in [-0.2, 0) is 9.53 Å². The first kappa shape index (κ1) is 19.5. The van der Waals surface area contributed by atoms with E-state index in [1.165, 1.54) is 4.90 Å². The number of rotatable bonds is 6. The van der Waals surface area contributed by atoms with Crippen molar-refractivity contribution >= 4 is 5.91 Å².